The van der Waals surface area contributed by atoms with Gasteiger partial charge in [0.05, 0.1) is 11.8 Å². The number of amides is 1. The van der Waals surface area contributed by atoms with Crippen LogP contribution in [-0.4, -0.2) is 35.6 Å². The number of azo groups is 1. The van der Waals surface area contributed by atoms with E-state index in [0.717, 1.165) is 10.8 Å². The first-order valence-corrected chi connectivity index (χ1v) is 13.7. The molecule has 0 saturated heterocycles. The van der Waals surface area contributed by atoms with Crippen molar-refractivity contribution in [3.05, 3.63) is 127 Å². The van der Waals surface area contributed by atoms with Crippen molar-refractivity contribution < 1.29 is 9.53 Å². The summed E-state index contributed by atoms with van der Waals surface area (Å²) in [5.41, 5.74) is 1.13. The second-order valence-electron chi connectivity index (χ2n) is 9.63. The molecule has 0 unspecified atom stereocenters. The number of ether oxygens (including phenoxy) is 1. The number of anilines is 1. The minimum atomic E-state index is -0.445. The van der Waals surface area contributed by atoms with Crippen molar-refractivity contribution >= 4 is 44.6 Å². The number of nitrogens with one attached hydrogen (secondary N) is 1. The molecule has 0 aliphatic carbocycles. The molecule has 0 radical (unpaired) electrons. The highest BCUT2D eigenvalue weighted by atomic mass is 16.5. The normalized spacial score (nSPS) is 11.1. The molecule has 3 heterocycles. The van der Waals surface area contributed by atoms with Gasteiger partial charge in [0, 0.05) is 35.9 Å². The number of benzene rings is 4. The summed E-state index contributed by atoms with van der Waals surface area (Å²) in [7, 11) is 0. The average molecular weight is 589 g/mol. The zero-order chi connectivity index (χ0) is 30.6. The Morgan fingerprint density at radius 3 is 2.22 bits per heavy atom. The van der Waals surface area contributed by atoms with E-state index in [1.807, 2.05) is 54.6 Å². The summed E-state index contributed by atoms with van der Waals surface area (Å²) in [5, 5.41) is 29.4. The van der Waals surface area contributed by atoms with Gasteiger partial charge in [-0.3, -0.25) is 4.79 Å². The van der Waals surface area contributed by atoms with Crippen molar-refractivity contribution in [2.45, 2.75) is 0 Å². The number of para-hydroxylation sites is 1. The van der Waals surface area contributed by atoms with Crippen LogP contribution in [0.15, 0.2) is 126 Å². The SMILES string of the molecule is N#Cc1cnn(-c2ncccn2)c1N=Nc1c(Oc2ncccn2)c(C(=O)Nc2ccccc2)cc2cc3ccccc3cc12. The third kappa shape index (κ3) is 5.40. The van der Waals surface area contributed by atoms with Gasteiger partial charge in [0.25, 0.3) is 11.9 Å². The van der Waals surface area contributed by atoms with Crippen LogP contribution in [0, 0.1) is 11.3 Å². The number of hydrogen-bond donors (Lipinski definition) is 1. The van der Waals surface area contributed by atoms with Gasteiger partial charge in [-0.2, -0.15) is 15.0 Å². The number of nitriles is 1. The van der Waals surface area contributed by atoms with E-state index in [9.17, 15) is 10.1 Å². The molecule has 0 fully saturated rings. The topological polar surface area (TPSA) is 156 Å². The molecule has 0 spiro atoms. The van der Waals surface area contributed by atoms with E-state index in [1.54, 1.807) is 42.7 Å². The summed E-state index contributed by atoms with van der Waals surface area (Å²) in [6.07, 6.45) is 7.51. The maximum absolute atomic E-state index is 13.9. The second kappa shape index (κ2) is 11.8. The number of carbonyl (C=O) groups is 1. The third-order valence-electron chi connectivity index (χ3n) is 6.79. The fourth-order valence-corrected chi connectivity index (χ4v) is 4.74. The van der Waals surface area contributed by atoms with E-state index in [-0.39, 0.29) is 40.3 Å². The maximum Gasteiger partial charge on any atom is 0.321 e. The Labute approximate surface area is 255 Å². The largest absolute Gasteiger partial charge is 0.421 e. The summed E-state index contributed by atoms with van der Waals surface area (Å²) in [5.74, 6) is -0.0755. The molecule has 1 N–H and O–H groups in total. The quantitative estimate of drug-likeness (QED) is 0.153. The van der Waals surface area contributed by atoms with Crippen LogP contribution in [0.3, 0.4) is 0 Å². The molecule has 1 amide bonds. The Hall–Kier alpha value is -6.87. The molecule has 12 nitrogen and oxygen atoms in total. The maximum atomic E-state index is 13.9. The van der Waals surface area contributed by atoms with Gasteiger partial charge >= 0.3 is 6.01 Å². The Balaban J connectivity index is 1.48. The van der Waals surface area contributed by atoms with Gasteiger partial charge in [-0.05, 0) is 58.6 Å². The van der Waals surface area contributed by atoms with Crippen molar-refractivity contribution in [3.8, 4) is 23.8 Å². The highest BCUT2D eigenvalue weighted by Crippen LogP contribution is 2.43. The molecule has 12 heteroatoms. The van der Waals surface area contributed by atoms with E-state index >= 15 is 0 Å². The van der Waals surface area contributed by atoms with Gasteiger partial charge in [-0.25, -0.2) is 19.9 Å². The van der Waals surface area contributed by atoms with Crippen LogP contribution in [0.4, 0.5) is 17.2 Å². The molecule has 0 aliphatic rings. The first-order chi connectivity index (χ1) is 22.2. The van der Waals surface area contributed by atoms with Gasteiger partial charge in [0.1, 0.15) is 17.3 Å². The van der Waals surface area contributed by atoms with Crippen LogP contribution in [0.2, 0.25) is 0 Å². The zero-order valence-electron chi connectivity index (χ0n) is 23.3. The van der Waals surface area contributed by atoms with Gasteiger partial charge in [0.2, 0.25) is 0 Å². The zero-order valence-corrected chi connectivity index (χ0v) is 23.3. The predicted molar refractivity (Wildman–Crippen MR) is 166 cm³/mol. The van der Waals surface area contributed by atoms with Crippen molar-refractivity contribution in [1.29, 1.82) is 5.26 Å². The van der Waals surface area contributed by atoms with Crippen molar-refractivity contribution in [3.63, 3.8) is 0 Å². The summed E-state index contributed by atoms with van der Waals surface area (Å²) in [6, 6.07) is 28.0. The Bertz CT molecular complexity index is 2250. The summed E-state index contributed by atoms with van der Waals surface area (Å²) >= 11 is 0. The highest BCUT2D eigenvalue weighted by Gasteiger charge is 2.23. The first kappa shape index (κ1) is 27.0. The van der Waals surface area contributed by atoms with E-state index in [2.05, 4.69) is 46.6 Å². The van der Waals surface area contributed by atoms with Crippen LogP contribution in [-0.2, 0) is 0 Å². The smallest absolute Gasteiger partial charge is 0.321 e. The number of nitrogens with zero attached hydrogens (tertiary/aromatic N) is 9. The van der Waals surface area contributed by atoms with Crippen molar-refractivity contribution in [2.75, 3.05) is 5.32 Å². The molecule has 7 aromatic rings. The minimum Gasteiger partial charge on any atom is -0.421 e. The fraction of sp³-hybridized carbons (Fsp3) is 0. The van der Waals surface area contributed by atoms with Crippen LogP contribution in [0.5, 0.6) is 11.8 Å². The lowest BCUT2D eigenvalue weighted by molar-refractivity contribution is 0.102. The number of aromatic nitrogens is 6. The predicted octanol–water partition coefficient (Wildman–Crippen LogP) is 7.09. The summed E-state index contributed by atoms with van der Waals surface area (Å²) in [4.78, 5) is 30.8. The summed E-state index contributed by atoms with van der Waals surface area (Å²) in [6.45, 7) is 0. The Kier molecular flexibility index (Phi) is 7.07. The van der Waals surface area contributed by atoms with E-state index < -0.39 is 5.91 Å². The molecular weight excluding hydrogens is 568 g/mol. The number of rotatable bonds is 7. The molecule has 4 aromatic carbocycles. The molecule has 3 aromatic heterocycles. The van der Waals surface area contributed by atoms with E-state index in [1.165, 1.54) is 23.3 Å². The Morgan fingerprint density at radius 2 is 1.49 bits per heavy atom. The van der Waals surface area contributed by atoms with Crippen molar-refractivity contribution in [1.82, 2.24) is 29.7 Å². The number of carbonyl (C=O) groups excluding carboxylic acids is 1. The van der Waals surface area contributed by atoms with Gasteiger partial charge in [0.15, 0.2) is 11.6 Å². The number of fused-ring (bicyclic) bond motifs is 2. The van der Waals surface area contributed by atoms with E-state index in [4.69, 9.17) is 4.74 Å². The van der Waals surface area contributed by atoms with Crippen LogP contribution in [0.1, 0.15) is 15.9 Å². The lowest BCUT2D eigenvalue weighted by Gasteiger charge is -2.15. The average Bonchev–Trinajstić information content (AvgIpc) is 3.51. The third-order valence-corrected chi connectivity index (χ3v) is 6.79. The monoisotopic (exact) mass is 588 g/mol. The molecule has 7 rings (SSSR count). The van der Waals surface area contributed by atoms with Crippen LogP contribution >= 0.6 is 0 Å². The lowest BCUT2D eigenvalue weighted by Crippen LogP contribution is -2.13. The lowest BCUT2D eigenvalue weighted by atomic mass is 9.98. The van der Waals surface area contributed by atoms with Crippen molar-refractivity contribution in [2.24, 2.45) is 10.2 Å². The highest BCUT2D eigenvalue weighted by molar-refractivity contribution is 6.14. The van der Waals surface area contributed by atoms with E-state index in [0.29, 0.717) is 16.5 Å². The molecule has 45 heavy (non-hydrogen) atoms. The van der Waals surface area contributed by atoms with Gasteiger partial charge < -0.3 is 10.1 Å². The van der Waals surface area contributed by atoms with Crippen LogP contribution < -0.4 is 10.1 Å². The second-order valence-corrected chi connectivity index (χ2v) is 9.63. The van der Waals surface area contributed by atoms with Gasteiger partial charge in [-0.1, -0.05) is 42.5 Å². The molecule has 214 valence electrons. The standard InChI is InChI=1S/C33H20N10O2/c34-19-24-20-39-43(32-35-12-6-13-36-32)30(24)42-41-28-26-17-22-9-5-4-8-21(22)16-23(26)18-27(29(28)45-33-37-14-7-15-38-33)31(44)40-25-10-2-1-3-11-25/h1-18,20H,(H,40,44). The molecule has 0 saturated carbocycles. The number of hydrogen-bond acceptors (Lipinski definition) is 10. The van der Waals surface area contributed by atoms with Gasteiger partial charge in [-0.15, -0.1) is 10.2 Å². The molecule has 0 atom stereocenters. The first-order valence-electron chi connectivity index (χ1n) is 13.7. The molecule has 0 aliphatic heterocycles. The summed E-state index contributed by atoms with van der Waals surface area (Å²) < 4.78 is 7.52. The molecule has 0 bridgehead atoms. The van der Waals surface area contributed by atoms with Crippen LogP contribution in [0.25, 0.3) is 27.5 Å². The fourth-order valence-electron chi connectivity index (χ4n) is 4.74. The molecular formula is C33H20N10O2. The minimum absolute atomic E-state index is 0.00305. The Morgan fingerprint density at radius 1 is 0.800 bits per heavy atom.